The molecule has 0 radical (unpaired) electrons. The molecule has 0 aliphatic heterocycles. The molecule has 2 unspecified atom stereocenters. The SMILES string of the molecule is Cc1cc(O)ccc1C(=O)NC1CCCC1C#N. The van der Waals surface area contributed by atoms with Crippen LogP contribution in [0.15, 0.2) is 18.2 Å². The first-order chi connectivity index (χ1) is 8.61. The Labute approximate surface area is 106 Å². The number of hydrogen-bond donors (Lipinski definition) is 2. The Hall–Kier alpha value is -2.02. The number of hydrogen-bond acceptors (Lipinski definition) is 3. The summed E-state index contributed by atoms with van der Waals surface area (Å²) >= 11 is 0. The average Bonchev–Trinajstić information content (AvgIpc) is 2.76. The van der Waals surface area contributed by atoms with E-state index >= 15 is 0 Å². The summed E-state index contributed by atoms with van der Waals surface area (Å²) in [4.78, 5) is 12.1. The normalized spacial score (nSPS) is 22.4. The molecule has 0 spiro atoms. The average molecular weight is 244 g/mol. The first-order valence-corrected chi connectivity index (χ1v) is 6.12. The number of phenolic OH excluding ortho intramolecular Hbond substituents is 1. The molecule has 4 nitrogen and oxygen atoms in total. The van der Waals surface area contributed by atoms with Crippen molar-refractivity contribution in [2.24, 2.45) is 5.92 Å². The lowest BCUT2D eigenvalue weighted by Gasteiger charge is -2.16. The largest absolute Gasteiger partial charge is 0.508 e. The number of benzene rings is 1. The second-order valence-corrected chi connectivity index (χ2v) is 4.75. The highest BCUT2D eigenvalue weighted by molar-refractivity contribution is 5.96. The summed E-state index contributed by atoms with van der Waals surface area (Å²) in [6, 6.07) is 6.86. The van der Waals surface area contributed by atoms with E-state index in [2.05, 4.69) is 11.4 Å². The summed E-state index contributed by atoms with van der Waals surface area (Å²) in [6.07, 6.45) is 2.70. The van der Waals surface area contributed by atoms with Crippen LogP contribution in [0.4, 0.5) is 0 Å². The number of nitriles is 1. The third-order valence-corrected chi connectivity index (χ3v) is 3.45. The molecule has 0 heterocycles. The Morgan fingerprint density at radius 3 is 2.94 bits per heavy atom. The van der Waals surface area contributed by atoms with Crippen LogP contribution in [0, 0.1) is 24.2 Å². The van der Waals surface area contributed by atoms with Crippen LogP contribution >= 0.6 is 0 Å². The quantitative estimate of drug-likeness (QED) is 0.837. The molecule has 2 atom stereocenters. The Morgan fingerprint density at radius 1 is 1.50 bits per heavy atom. The molecule has 0 aromatic heterocycles. The summed E-state index contributed by atoms with van der Waals surface area (Å²) in [5.74, 6) is -0.0918. The molecule has 4 heteroatoms. The Bertz CT molecular complexity index is 505. The second kappa shape index (κ2) is 5.09. The molecule has 1 aliphatic rings. The molecule has 1 fully saturated rings. The minimum atomic E-state index is -0.167. The number of amides is 1. The van der Waals surface area contributed by atoms with Crippen molar-refractivity contribution in [3.63, 3.8) is 0 Å². The van der Waals surface area contributed by atoms with Crippen LogP contribution in [0.2, 0.25) is 0 Å². The van der Waals surface area contributed by atoms with Gasteiger partial charge in [0.05, 0.1) is 12.0 Å². The summed E-state index contributed by atoms with van der Waals surface area (Å²) in [6.45, 7) is 1.78. The van der Waals surface area contributed by atoms with E-state index < -0.39 is 0 Å². The summed E-state index contributed by atoms with van der Waals surface area (Å²) in [5.41, 5.74) is 1.29. The molecule has 1 aliphatic carbocycles. The van der Waals surface area contributed by atoms with Gasteiger partial charge in [-0.3, -0.25) is 4.79 Å². The second-order valence-electron chi connectivity index (χ2n) is 4.75. The first kappa shape index (κ1) is 12.4. The number of carbonyl (C=O) groups is 1. The molecule has 1 amide bonds. The van der Waals surface area contributed by atoms with Crippen molar-refractivity contribution in [3.8, 4) is 11.8 Å². The minimum Gasteiger partial charge on any atom is -0.508 e. The van der Waals surface area contributed by atoms with E-state index in [4.69, 9.17) is 5.26 Å². The predicted octanol–water partition coefficient (Wildman–Crippen LogP) is 2.12. The lowest BCUT2D eigenvalue weighted by Crippen LogP contribution is -2.37. The highest BCUT2D eigenvalue weighted by Gasteiger charge is 2.28. The van der Waals surface area contributed by atoms with Gasteiger partial charge in [-0.05, 0) is 49.9 Å². The van der Waals surface area contributed by atoms with Gasteiger partial charge in [0.25, 0.3) is 5.91 Å². The highest BCUT2D eigenvalue weighted by Crippen LogP contribution is 2.25. The van der Waals surface area contributed by atoms with Crippen molar-refractivity contribution in [3.05, 3.63) is 29.3 Å². The lowest BCUT2D eigenvalue weighted by atomic mass is 10.0. The van der Waals surface area contributed by atoms with Crippen LogP contribution in [0.25, 0.3) is 0 Å². The Morgan fingerprint density at radius 2 is 2.28 bits per heavy atom. The van der Waals surface area contributed by atoms with Gasteiger partial charge in [0.1, 0.15) is 5.75 Å². The zero-order valence-electron chi connectivity index (χ0n) is 10.3. The maximum absolute atomic E-state index is 12.1. The molecule has 2 rings (SSSR count). The maximum atomic E-state index is 12.1. The van der Waals surface area contributed by atoms with E-state index in [1.807, 2.05) is 0 Å². The fraction of sp³-hybridized carbons (Fsp3) is 0.429. The van der Waals surface area contributed by atoms with Gasteiger partial charge < -0.3 is 10.4 Å². The molecular formula is C14H16N2O2. The third kappa shape index (κ3) is 2.45. The molecule has 0 saturated heterocycles. The topological polar surface area (TPSA) is 73.1 Å². The van der Waals surface area contributed by atoms with Crippen molar-refractivity contribution >= 4 is 5.91 Å². The van der Waals surface area contributed by atoms with Crippen LogP contribution < -0.4 is 5.32 Å². The molecule has 94 valence electrons. The number of carbonyl (C=O) groups excluding carboxylic acids is 1. The molecule has 1 saturated carbocycles. The molecule has 1 aromatic carbocycles. The summed E-state index contributed by atoms with van der Waals surface area (Å²) in [5, 5.41) is 21.2. The van der Waals surface area contributed by atoms with E-state index in [1.54, 1.807) is 19.1 Å². The van der Waals surface area contributed by atoms with Crippen LogP contribution in [0.3, 0.4) is 0 Å². The highest BCUT2D eigenvalue weighted by atomic mass is 16.3. The van der Waals surface area contributed by atoms with E-state index in [1.165, 1.54) is 6.07 Å². The number of phenols is 1. The van der Waals surface area contributed by atoms with Crippen molar-refractivity contribution in [1.82, 2.24) is 5.32 Å². The monoisotopic (exact) mass is 244 g/mol. The number of aromatic hydroxyl groups is 1. The fourth-order valence-electron chi connectivity index (χ4n) is 2.44. The molecule has 18 heavy (non-hydrogen) atoms. The van der Waals surface area contributed by atoms with Gasteiger partial charge in [0.15, 0.2) is 0 Å². The van der Waals surface area contributed by atoms with E-state index in [0.29, 0.717) is 5.56 Å². The van der Waals surface area contributed by atoms with E-state index in [9.17, 15) is 9.90 Å². The third-order valence-electron chi connectivity index (χ3n) is 3.45. The van der Waals surface area contributed by atoms with Crippen molar-refractivity contribution in [1.29, 1.82) is 5.26 Å². The Balaban J connectivity index is 2.10. The van der Waals surface area contributed by atoms with E-state index in [0.717, 1.165) is 24.8 Å². The minimum absolute atomic E-state index is 0.0456. The van der Waals surface area contributed by atoms with Crippen LogP contribution in [-0.2, 0) is 0 Å². The van der Waals surface area contributed by atoms with Crippen molar-refractivity contribution in [2.45, 2.75) is 32.2 Å². The van der Waals surface area contributed by atoms with Gasteiger partial charge in [-0.2, -0.15) is 5.26 Å². The van der Waals surface area contributed by atoms with Gasteiger partial charge in [-0.1, -0.05) is 0 Å². The number of nitrogens with one attached hydrogen (secondary N) is 1. The number of nitrogens with zero attached hydrogens (tertiary/aromatic N) is 1. The maximum Gasteiger partial charge on any atom is 0.251 e. The van der Waals surface area contributed by atoms with Crippen LogP contribution in [-0.4, -0.2) is 17.1 Å². The molecular weight excluding hydrogens is 228 g/mol. The molecule has 2 N–H and O–H groups in total. The Kier molecular flexibility index (Phi) is 3.52. The van der Waals surface area contributed by atoms with Gasteiger partial charge in [-0.25, -0.2) is 0 Å². The van der Waals surface area contributed by atoms with Crippen LogP contribution in [0.5, 0.6) is 5.75 Å². The van der Waals surface area contributed by atoms with Gasteiger partial charge in [0, 0.05) is 11.6 Å². The smallest absolute Gasteiger partial charge is 0.251 e. The van der Waals surface area contributed by atoms with Crippen LogP contribution in [0.1, 0.15) is 35.2 Å². The van der Waals surface area contributed by atoms with Gasteiger partial charge >= 0.3 is 0 Å². The predicted molar refractivity (Wildman–Crippen MR) is 67.1 cm³/mol. The molecule has 1 aromatic rings. The van der Waals surface area contributed by atoms with Crippen molar-refractivity contribution in [2.75, 3.05) is 0 Å². The summed E-state index contributed by atoms with van der Waals surface area (Å²) in [7, 11) is 0. The lowest BCUT2D eigenvalue weighted by molar-refractivity contribution is 0.0932. The van der Waals surface area contributed by atoms with E-state index in [-0.39, 0.29) is 23.6 Å². The standard InChI is InChI=1S/C14H16N2O2/c1-9-7-11(17)5-6-12(9)14(18)16-13-4-2-3-10(13)8-15/h5-7,10,13,17H,2-4H2,1H3,(H,16,18). The zero-order chi connectivity index (χ0) is 13.1. The molecule has 0 bridgehead atoms. The number of aryl methyl sites for hydroxylation is 1. The van der Waals surface area contributed by atoms with Gasteiger partial charge in [0.2, 0.25) is 0 Å². The van der Waals surface area contributed by atoms with Crippen molar-refractivity contribution < 1.29 is 9.90 Å². The van der Waals surface area contributed by atoms with Gasteiger partial charge in [-0.15, -0.1) is 0 Å². The number of rotatable bonds is 2. The fourth-order valence-corrected chi connectivity index (χ4v) is 2.44. The summed E-state index contributed by atoms with van der Waals surface area (Å²) < 4.78 is 0. The zero-order valence-corrected chi connectivity index (χ0v) is 10.3. The first-order valence-electron chi connectivity index (χ1n) is 6.12.